The first-order valence-electron chi connectivity index (χ1n) is 8.24. The van der Waals surface area contributed by atoms with E-state index in [0.717, 1.165) is 22.6 Å². The fourth-order valence-electron chi connectivity index (χ4n) is 2.82. The number of aromatic nitrogens is 1. The third-order valence-corrected chi connectivity index (χ3v) is 4.41. The summed E-state index contributed by atoms with van der Waals surface area (Å²) in [7, 11) is 0. The Morgan fingerprint density at radius 3 is 2.37 bits per heavy atom. The molecule has 0 atom stereocenters. The number of halogens is 2. The lowest BCUT2D eigenvalue weighted by atomic mass is 10.2. The van der Waals surface area contributed by atoms with Crippen LogP contribution in [0.5, 0.6) is 0 Å². The Bertz CT molecular complexity index is 976. The number of para-hydroxylation sites is 1. The molecule has 0 aliphatic heterocycles. The minimum absolute atomic E-state index is 0.409. The third kappa shape index (κ3) is 4.70. The number of rotatable bonds is 4. The highest BCUT2D eigenvalue weighted by molar-refractivity contribution is 6.34. The maximum absolute atomic E-state index is 11.9. The maximum Gasteiger partial charge on any atom is 0.339 e. The Kier molecular flexibility index (Phi) is 5.84. The van der Waals surface area contributed by atoms with Crippen molar-refractivity contribution < 1.29 is 4.79 Å². The number of hydrogen-bond acceptors (Lipinski definition) is 2. The predicted molar refractivity (Wildman–Crippen MR) is 111 cm³/mol. The van der Waals surface area contributed by atoms with Crippen molar-refractivity contribution in [2.45, 2.75) is 13.8 Å². The molecular weight excluding hydrogens is 383 g/mol. The van der Waals surface area contributed by atoms with Crippen LogP contribution in [0.4, 0.5) is 10.5 Å². The Morgan fingerprint density at radius 1 is 1.04 bits per heavy atom. The summed E-state index contributed by atoms with van der Waals surface area (Å²) in [5, 5.41) is 7.87. The number of hydrogen-bond donors (Lipinski definition) is 2. The fraction of sp³-hybridized carbons (Fsp3) is 0.100. The zero-order chi connectivity index (χ0) is 19.4. The average Bonchev–Trinajstić information content (AvgIpc) is 2.88. The van der Waals surface area contributed by atoms with Crippen molar-refractivity contribution in [2.75, 3.05) is 5.32 Å². The van der Waals surface area contributed by atoms with E-state index in [-0.39, 0.29) is 0 Å². The molecule has 0 aliphatic carbocycles. The average molecular weight is 401 g/mol. The topological polar surface area (TPSA) is 58.4 Å². The Labute approximate surface area is 167 Å². The van der Waals surface area contributed by atoms with Crippen LogP contribution in [0.25, 0.3) is 5.69 Å². The first kappa shape index (κ1) is 19.0. The molecule has 1 heterocycles. The molecule has 5 nitrogen and oxygen atoms in total. The van der Waals surface area contributed by atoms with Gasteiger partial charge in [0.25, 0.3) is 0 Å². The zero-order valence-corrected chi connectivity index (χ0v) is 16.3. The highest BCUT2D eigenvalue weighted by Crippen LogP contribution is 2.26. The van der Waals surface area contributed by atoms with Gasteiger partial charge in [0, 0.05) is 38.4 Å². The number of carbonyl (C=O) groups excluding carboxylic acids is 1. The summed E-state index contributed by atoms with van der Waals surface area (Å²) >= 11 is 12.2. The molecule has 2 amide bonds. The molecule has 0 spiro atoms. The number of benzene rings is 2. The van der Waals surface area contributed by atoms with E-state index in [2.05, 4.69) is 15.8 Å². The normalized spacial score (nSPS) is 11.0. The van der Waals surface area contributed by atoms with Gasteiger partial charge in [-0.2, -0.15) is 5.10 Å². The summed E-state index contributed by atoms with van der Waals surface area (Å²) in [5.41, 5.74) is 6.87. The molecule has 3 rings (SSSR count). The van der Waals surface area contributed by atoms with Crippen LogP contribution < -0.4 is 10.7 Å². The van der Waals surface area contributed by atoms with Gasteiger partial charge in [-0.3, -0.25) is 0 Å². The van der Waals surface area contributed by atoms with E-state index in [4.69, 9.17) is 23.2 Å². The van der Waals surface area contributed by atoms with E-state index in [9.17, 15) is 4.79 Å². The Balaban J connectivity index is 1.74. The lowest BCUT2D eigenvalue weighted by Crippen LogP contribution is -2.24. The Morgan fingerprint density at radius 2 is 1.70 bits per heavy atom. The highest BCUT2D eigenvalue weighted by Gasteiger charge is 2.11. The lowest BCUT2D eigenvalue weighted by molar-refractivity contribution is 0.252. The molecule has 2 aromatic carbocycles. The van der Waals surface area contributed by atoms with Crippen LogP contribution in [0.2, 0.25) is 10.0 Å². The van der Waals surface area contributed by atoms with Crippen molar-refractivity contribution in [3.63, 3.8) is 0 Å². The number of hydrazone groups is 1. The maximum atomic E-state index is 11.9. The van der Waals surface area contributed by atoms with Crippen LogP contribution in [0, 0.1) is 13.8 Å². The molecule has 0 bridgehead atoms. The third-order valence-electron chi connectivity index (χ3n) is 3.98. The molecule has 0 radical (unpaired) electrons. The van der Waals surface area contributed by atoms with Gasteiger partial charge in [0.2, 0.25) is 0 Å². The van der Waals surface area contributed by atoms with Gasteiger partial charge in [-0.25, -0.2) is 10.2 Å². The largest absolute Gasteiger partial charge is 0.339 e. The lowest BCUT2D eigenvalue weighted by Gasteiger charge is -2.10. The number of nitrogens with zero attached hydrogens (tertiary/aromatic N) is 2. The number of aryl methyl sites for hydroxylation is 1. The van der Waals surface area contributed by atoms with Crippen molar-refractivity contribution in [1.29, 1.82) is 0 Å². The minimum Gasteiger partial charge on any atom is -0.318 e. The van der Waals surface area contributed by atoms with Gasteiger partial charge < -0.3 is 9.88 Å². The van der Waals surface area contributed by atoms with Crippen LogP contribution in [0.15, 0.2) is 59.7 Å². The summed E-state index contributed by atoms with van der Waals surface area (Å²) in [5.74, 6) is 0. The molecule has 0 saturated heterocycles. The van der Waals surface area contributed by atoms with Crippen molar-refractivity contribution in [3.05, 3.63) is 81.6 Å². The van der Waals surface area contributed by atoms with E-state index < -0.39 is 6.03 Å². The summed E-state index contributed by atoms with van der Waals surface area (Å²) in [6, 6.07) is 16.1. The molecule has 1 aromatic heterocycles. The number of urea groups is 1. The second-order valence-corrected chi connectivity index (χ2v) is 6.85. The summed E-state index contributed by atoms with van der Waals surface area (Å²) in [4.78, 5) is 11.9. The number of amides is 2. The van der Waals surface area contributed by atoms with E-state index >= 15 is 0 Å². The number of nitrogens with one attached hydrogen (secondary N) is 2. The Hall–Kier alpha value is -2.76. The van der Waals surface area contributed by atoms with Crippen LogP contribution >= 0.6 is 23.2 Å². The van der Waals surface area contributed by atoms with Gasteiger partial charge in [-0.15, -0.1) is 0 Å². The second kappa shape index (κ2) is 8.29. The van der Waals surface area contributed by atoms with Gasteiger partial charge in [0.15, 0.2) is 0 Å². The van der Waals surface area contributed by atoms with Crippen LogP contribution in [-0.2, 0) is 0 Å². The summed E-state index contributed by atoms with van der Waals surface area (Å²) in [6.07, 6.45) is 1.61. The first-order chi connectivity index (χ1) is 12.9. The molecule has 0 saturated carbocycles. The predicted octanol–water partition coefficient (Wildman–Crippen LogP) is 5.56. The summed E-state index contributed by atoms with van der Waals surface area (Å²) in [6.45, 7) is 3.95. The fourth-order valence-corrected chi connectivity index (χ4v) is 3.34. The van der Waals surface area contributed by atoms with E-state index in [0.29, 0.717) is 15.7 Å². The second-order valence-electron chi connectivity index (χ2n) is 5.98. The summed E-state index contributed by atoms with van der Waals surface area (Å²) < 4.78 is 2.03. The minimum atomic E-state index is -0.409. The van der Waals surface area contributed by atoms with Crippen molar-refractivity contribution in [2.24, 2.45) is 5.10 Å². The molecule has 0 unspecified atom stereocenters. The number of anilines is 1. The molecule has 0 fully saturated rings. The molecule has 2 N–H and O–H groups in total. The molecule has 0 aliphatic rings. The zero-order valence-electron chi connectivity index (χ0n) is 14.8. The van der Waals surface area contributed by atoms with Crippen molar-refractivity contribution in [3.8, 4) is 5.69 Å². The molecule has 27 heavy (non-hydrogen) atoms. The smallest absolute Gasteiger partial charge is 0.318 e. The van der Waals surface area contributed by atoms with Crippen molar-refractivity contribution >= 4 is 41.1 Å². The van der Waals surface area contributed by atoms with Crippen molar-refractivity contribution in [1.82, 2.24) is 9.99 Å². The SMILES string of the molecule is Cc1cc(/C=N\NC(=O)Nc2ccccc2)c(C)n1-c1cc(Cl)cc(Cl)c1. The highest BCUT2D eigenvalue weighted by atomic mass is 35.5. The standard InChI is InChI=1S/C20H18Cl2N4O/c1-13-8-15(12-23-25-20(27)24-18-6-4-3-5-7-18)14(2)26(13)19-10-16(21)9-17(22)11-19/h3-12H,1-2H3,(H2,24,25,27)/b23-12-. The van der Waals surface area contributed by atoms with E-state index in [1.807, 2.05) is 54.8 Å². The van der Waals surface area contributed by atoms with Crippen LogP contribution in [-0.4, -0.2) is 16.8 Å². The molecule has 7 heteroatoms. The quantitative estimate of drug-likeness (QED) is 0.437. The van der Waals surface area contributed by atoms with Gasteiger partial charge in [-0.1, -0.05) is 41.4 Å². The van der Waals surface area contributed by atoms with Gasteiger partial charge in [-0.05, 0) is 50.2 Å². The molecule has 3 aromatic rings. The van der Waals surface area contributed by atoms with Gasteiger partial charge >= 0.3 is 6.03 Å². The number of carbonyl (C=O) groups is 1. The van der Waals surface area contributed by atoms with Crippen LogP contribution in [0.3, 0.4) is 0 Å². The van der Waals surface area contributed by atoms with E-state index in [1.165, 1.54) is 0 Å². The van der Waals surface area contributed by atoms with E-state index in [1.54, 1.807) is 24.4 Å². The molecule has 138 valence electrons. The monoisotopic (exact) mass is 400 g/mol. The molecular formula is C20H18Cl2N4O. The van der Waals surface area contributed by atoms with Crippen LogP contribution in [0.1, 0.15) is 17.0 Å². The first-order valence-corrected chi connectivity index (χ1v) is 9.00. The van der Waals surface area contributed by atoms with Gasteiger partial charge in [0.1, 0.15) is 0 Å². The van der Waals surface area contributed by atoms with Gasteiger partial charge in [0.05, 0.1) is 6.21 Å².